The summed E-state index contributed by atoms with van der Waals surface area (Å²) in [7, 11) is 0. The van der Waals surface area contributed by atoms with E-state index in [0.717, 1.165) is 0 Å². The molecule has 0 aliphatic rings. The molecule has 3 aromatic heterocycles. The fraction of sp³-hybridized carbons (Fsp3) is 0.0625. The van der Waals surface area contributed by atoms with E-state index < -0.39 is 0 Å². The number of aromatic amines is 1. The molecule has 7 nitrogen and oxygen atoms in total. The van der Waals surface area contributed by atoms with Gasteiger partial charge in [-0.25, -0.2) is 0 Å². The van der Waals surface area contributed by atoms with Crippen LogP contribution in [0.4, 0.5) is 0 Å². The minimum Gasteiger partial charge on any atom is -0.292 e. The lowest BCUT2D eigenvalue weighted by Gasteiger charge is -2.02. The number of Topliss-reactive ketones (excluding diaryl/α,β-unsaturated/α-hetero) is 1. The number of carbonyl (C=O) groups excluding carboxylic acids is 1. The zero-order valence-corrected chi connectivity index (χ0v) is 15.4. The van der Waals surface area contributed by atoms with Gasteiger partial charge in [0.2, 0.25) is 5.16 Å². The third kappa shape index (κ3) is 3.28. The number of nitrogens with one attached hydrogen (secondary N) is 1. The molecule has 130 valence electrons. The summed E-state index contributed by atoms with van der Waals surface area (Å²) < 4.78 is 1.43. The molecule has 0 amide bonds. The van der Waals surface area contributed by atoms with Crippen molar-refractivity contribution in [1.82, 2.24) is 24.8 Å². The molecule has 4 aromatic rings. The number of ketones is 1. The maximum Gasteiger partial charge on any atom is 0.279 e. The summed E-state index contributed by atoms with van der Waals surface area (Å²) in [5.41, 5.74) is 0.468. The second kappa shape index (κ2) is 7.02. The summed E-state index contributed by atoms with van der Waals surface area (Å²) in [6.45, 7) is 0. The Kier molecular flexibility index (Phi) is 4.58. The Morgan fingerprint density at radius 3 is 2.77 bits per heavy atom. The van der Waals surface area contributed by atoms with E-state index in [0.29, 0.717) is 20.6 Å². The fourth-order valence-electron chi connectivity index (χ4n) is 2.26. The number of hydrogen-bond donors (Lipinski definition) is 1. The minimum atomic E-state index is -0.376. The molecule has 3 heterocycles. The molecule has 26 heavy (non-hydrogen) atoms. The van der Waals surface area contributed by atoms with Crippen molar-refractivity contribution in [1.29, 1.82) is 0 Å². The van der Waals surface area contributed by atoms with Crippen LogP contribution in [0.1, 0.15) is 9.67 Å². The Morgan fingerprint density at radius 1 is 1.23 bits per heavy atom. The smallest absolute Gasteiger partial charge is 0.279 e. The molecule has 4 rings (SSSR count). The number of rotatable bonds is 5. The van der Waals surface area contributed by atoms with Crippen LogP contribution in [0.5, 0.6) is 0 Å². The summed E-state index contributed by atoms with van der Waals surface area (Å²) in [4.78, 5) is 27.7. The maximum absolute atomic E-state index is 12.3. The van der Waals surface area contributed by atoms with Gasteiger partial charge in [0.15, 0.2) is 11.5 Å². The summed E-state index contributed by atoms with van der Waals surface area (Å²) in [5.74, 6) is 0.432. The summed E-state index contributed by atoms with van der Waals surface area (Å²) in [6.07, 6.45) is 0. The van der Waals surface area contributed by atoms with Gasteiger partial charge in [-0.05, 0) is 23.6 Å². The topological polar surface area (TPSA) is 93.0 Å². The quantitative estimate of drug-likeness (QED) is 0.406. The van der Waals surface area contributed by atoms with Crippen LogP contribution in [0.15, 0.2) is 51.7 Å². The monoisotopic (exact) mass is 403 g/mol. The predicted octanol–water partition coefficient (Wildman–Crippen LogP) is 3.17. The van der Waals surface area contributed by atoms with Crippen LogP contribution in [-0.2, 0) is 0 Å². The Morgan fingerprint density at radius 2 is 2.04 bits per heavy atom. The van der Waals surface area contributed by atoms with Crippen molar-refractivity contribution in [2.75, 3.05) is 5.75 Å². The molecule has 0 radical (unpaired) electrons. The van der Waals surface area contributed by atoms with E-state index >= 15 is 0 Å². The number of thioether (sulfide) groups is 1. The molecule has 0 fully saturated rings. The number of benzene rings is 1. The number of fused-ring (bicyclic) bond motifs is 1. The fourth-order valence-corrected chi connectivity index (χ4v) is 3.91. The highest BCUT2D eigenvalue weighted by atomic mass is 35.5. The minimum absolute atomic E-state index is 0.00380. The average Bonchev–Trinajstić information content (AvgIpc) is 3.30. The molecule has 0 spiro atoms. The first-order valence-corrected chi connectivity index (χ1v) is 9.67. The second-order valence-corrected chi connectivity index (χ2v) is 7.54. The Balaban J connectivity index is 1.66. The zero-order valence-electron chi connectivity index (χ0n) is 13.0. The molecule has 0 atom stereocenters. The van der Waals surface area contributed by atoms with Crippen molar-refractivity contribution in [3.05, 3.63) is 62.0 Å². The van der Waals surface area contributed by atoms with Gasteiger partial charge in [-0.3, -0.25) is 14.6 Å². The predicted molar refractivity (Wildman–Crippen MR) is 101 cm³/mol. The second-order valence-electron chi connectivity index (χ2n) is 5.22. The van der Waals surface area contributed by atoms with Gasteiger partial charge in [0.25, 0.3) is 11.3 Å². The van der Waals surface area contributed by atoms with Gasteiger partial charge in [0, 0.05) is 10.6 Å². The Hall–Kier alpha value is -2.49. The SMILES string of the molecule is O=C(CSc1nnc2[nH]c(=O)c(-c3ccc(Cl)cc3)nn12)c1cccs1. The van der Waals surface area contributed by atoms with Crippen molar-refractivity contribution < 1.29 is 4.79 Å². The van der Waals surface area contributed by atoms with E-state index in [1.54, 1.807) is 30.3 Å². The number of nitrogens with zero attached hydrogens (tertiary/aromatic N) is 4. The lowest BCUT2D eigenvalue weighted by atomic mass is 10.2. The summed E-state index contributed by atoms with van der Waals surface area (Å²) in [6, 6.07) is 10.4. The largest absolute Gasteiger partial charge is 0.292 e. The molecular formula is C16H10ClN5O2S2. The van der Waals surface area contributed by atoms with Crippen LogP contribution < -0.4 is 5.56 Å². The molecule has 1 aromatic carbocycles. The molecule has 0 saturated heterocycles. The molecule has 1 N–H and O–H groups in total. The molecule has 0 saturated carbocycles. The number of thiophene rings is 1. The van der Waals surface area contributed by atoms with Crippen LogP contribution in [-0.4, -0.2) is 36.3 Å². The van der Waals surface area contributed by atoms with E-state index in [1.807, 2.05) is 11.4 Å². The number of carbonyl (C=O) groups is 1. The van der Waals surface area contributed by atoms with Crippen LogP contribution in [0.3, 0.4) is 0 Å². The van der Waals surface area contributed by atoms with Crippen LogP contribution in [0.2, 0.25) is 5.02 Å². The number of aromatic nitrogens is 5. The number of halogens is 1. The summed E-state index contributed by atoms with van der Waals surface area (Å²) >= 11 is 8.50. The Bertz CT molecular complexity index is 1140. The van der Waals surface area contributed by atoms with Crippen molar-refractivity contribution in [3.63, 3.8) is 0 Å². The normalized spacial score (nSPS) is 11.1. The van der Waals surface area contributed by atoms with Crippen molar-refractivity contribution in [2.24, 2.45) is 0 Å². The third-order valence-electron chi connectivity index (χ3n) is 3.50. The molecule has 10 heteroatoms. The third-order valence-corrected chi connectivity index (χ3v) is 5.58. The standard InChI is InChI=1S/C16H10ClN5O2S2/c17-10-5-3-9(4-6-10)13-14(24)18-15-19-20-16(22(15)21-13)26-8-11(23)12-2-1-7-25-12/h1-7H,8H2,(H,18,19,24). The van der Waals surface area contributed by atoms with E-state index in [2.05, 4.69) is 20.3 Å². The first-order valence-electron chi connectivity index (χ1n) is 7.43. The lowest BCUT2D eigenvalue weighted by Crippen LogP contribution is -2.15. The summed E-state index contributed by atoms with van der Waals surface area (Å²) in [5, 5.41) is 15.1. The maximum atomic E-state index is 12.3. The highest BCUT2D eigenvalue weighted by Gasteiger charge is 2.15. The van der Waals surface area contributed by atoms with Crippen molar-refractivity contribution in [2.45, 2.75) is 5.16 Å². The number of H-pyrrole nitrogens is 1. The highest BCUT2D eigenvalue weighted by molar-refractivity contribution is 7.99. The Labute approximate surface area is 160 Å². The van der Waals surface area contributed by atoms with Crippen molar-refractivity contribution in [3.8, 4) is 11.3 Å². The lowest BCUT2D eigenvalue weighted by molar-refractivity contribution is 0.102. The molecule has 0 bridgehead atoms. The zero-order chi connectivity index (χ0) is 18.1. The van der Waals surface area contributed by atoms with Crippen LogP contribution in [0, 0.1) is 0 Å². The van der Waals surface area contributed by atoms with Gasteiger partial charge in [0.1, 0.15) is 0 Å². The first-order chi connectivity index (χ1) is 12.6. The van der Waals surface area contributed by atoms with Gasteiger partial charge in [0.05, 0.1) is 10.6 Å². The average molecular weight is 404 g/mol. The van der Waals surface area contributed by atoms with Crippen LogP contribution >= 0.6 is 34.7 Å². The van der Waals surface area contributed by atoms with E-state index in [1.165, 1.54) is 27.6 Å². The van der Waals surface area contributed by atoms with E-state index in [9.17, 15) is 9.59 Å². The molecule has 0 aliphatic heterocycles. The van der Waals surface area contributed by atoms with E-state index in [-0.39, 0.29) is 28.6 Å². The highest BCUT2D eigenvalue weighted by Crippen LogP contribution is 2.20. The van der Waals surface area contributed by atoms with Crippen molar-refractivity contribution >= 4 is 46.3 Å². The van der Waals surface area contributed by atoms with Gasteiger partial charge < -0.3 is 0 Å². The van der Waals surface area contributed by atoms with Gasteiger partial charge in [-0.15, -0.1) is 21.5 Å². The van der Waals surface area contributed by atoms with Gasteiger partial charge in [-0.1, -0.05) is 41.6 Å². The first kappa shape index (κ1) is 17.0. The molecular weight excluding hydrogens is 394 g/mol. The van der Waals surface area contributed by atoms with E-state index in [4.69, 9.17) is 11.6 Å². The number of hydrogen-bond acceptors (Lipinski definition) is 7. The van der Waals surface area contributed by atoms with Gasteiger partial charge >= 0.3 is 0 Å². The van der Waals surface area contributed by atoms with Crippen LogP contribution in [0.25, 0.3) is 17.0 Å². The van der Waals surface area contributed by atoms with Gasteiger partial charge in [-0.2, -0.15) is 9.61 Å². The molecule has 0 aliphatic carbocycles. The molecule has 0 unspecified atom stereocenters.